The lowest BCUT2D eigenvalue weighted by Crippen LogP contribution is -2.43. The Morgan fingerprint density at radius 3 is 2.84 bits per heavy atom. The second-order valence-electron chi connectivity index (χ2n) is 5.38. The van der Waals surface area contributed by atoms with E-state index < -0.39 is 0 Å². The van der Waals surface area contributed by atoms with E-state index >= 15 is 0 Å². The number of carbonyl (C=O) groups excluding carboxylic acids is 1. The fourth-order valence-corrected chi connectivity index (χ4v) is 2.83. The maximum atomic E-state index is 11.6. The molecule has 1 atom stereocenters. The minimum Gasteiger partial charge on any atom is -0.354 e. The van der Waals surface area contributed by atoms with Crippen molar-refractivity contribution in [1.82, 2.24) is 10.6 Å². The van der Waals surface area contributed by atoms with Crippen LogP contribution in [0.2, 0.25) is 0 Å². The second-order valence-corrected chi connectivity index (χ2v) is 5.38. The number of likely N-dealkylation sites (N-methyl/N-ethyl adjacent to an activating group) is 1. The Morgan fingerprint density at radius 2 is 2.11 bits per heavy atom. The smallest absolute Gasteiger partial charge is 0.233 e. The lowest BCUT2D eigenvalue weighted by molar-refractivity contribution is -0.120. The summed E-state index contributed by atoms with van der Waals surface area (Å²) in [7, 11) is 1.79. The summed E-state index contributed by atoms with van der Waals surface area (Å²) in [6, 6.07) is 8.61. The summed E-state index contributed by atoms with van der Waals surface area (Å²) in [5.74, 6) is 0.0711. The molecule has 0 saturated heterocycles. The highest BCUT2D eigenvalue weighted by molar-refractivity contribution is 5.85. The molecule has 19 heavy (non-hydrogen) atoms. The molecule has 0 bridgehead atoms. The molecular formula is C15H23ClN2O. The van der Waals surface area contributed by atoms with Gasteiger partial charge in [0.2, 0.25) is 5.91 Å². The molecule has 1 amide bonds. The van der Waals surface area contributed by atoms with Gasteiger partial charge >= 0.3 is 0 Å². The minimum absolute atomic E-state index is 0. The van der Waals surface area contributed by atoms with E-state index in [9.17, 15) is 4.79 Å². The van der Waals surface area contributed by atoms with Crippen molar-refractivity contribution >= 4 is 18.3 Å². The Balaban J connectivity index is 0.00000180. The Hall–Kier alpha value is -1.06. The van der Waals surface area contributed by atoms with E-state index in [-0.39, 0.29) is 23.7 Å². The van der Waals surface area contributed by atoms with Gasteiger partial charge in [-0.25, -0.2) is 0 Å². The van der Waals surface area contributed by atoms with E-state index in [4.69, 9.17) is 0 Å². The summed E-state index contributed by atoms with van der Waals surface area (Å²) < 4.78 is 0. The second kappa shape index (κ2) is 6.92. The van der Waals surface area contributed by atoms with Gasteiger partial charge in [0.05, 0.1) is 6.54 Å². The predicted molar refractivity (Wildman–Crippen MR) is 80.9 cm³/mol. The van der Waals surface area contributed by atoms with Gasteiger partial charge in [0.25, 0.3) is 0 Å². The molecule has 0 heterocycles. The van der Waals surface area contributed by atoms with Crippen molar-refractivity contribution < 1.29 is 4.79 Å². The van der Waals surface area contributed by atoms with Crippen LogP contribution in [0.15, 0.2) is 24.3 Å². The van der Waals surface area contributed by atoms with E-state index in [0.29, 0.717) is 6.54 Å². The average molecular weight is 283 g/mol. The maximum Gasteiger partial charge on any atom is 0.233 e. The fourth-order valence-electron chi connectivity index (χ4n) is 2.83. The molecule has 0 fully saturated rings. The van der Waals surface area contributed by atoms with Gasteiger partial charge in [-0.15, -0.1) is 12.4 Å². The van der Waals surface area contributed by atoms with Gasteiger partial charge in [-0.3, -0.25) is 4.79 Å². The van der Waals surface area contributed by atoms with E-state index in [2.05, 4.69) is 41.8 Å². The molecular weight excluding hydrogens is 260 g/mol. The van der Waals surface area contributed by atoms with E-state index in [1.165, 1.54) is 17.5 Å². The Bertz CT molecular complexity index is 436. The molecule has 1 aliphatic carbocycles. The molecule has 1 aromatic carbocycles. The predicted octanol–water partition coefficient (Wildman–Crippen LogP) is 2.04. The van der Waals surface area contributed by atoms with Gasteiger partial charge in [0.1, 0.15) is 0 Å². The zero-order valence-electron chi connectivity index (χ0n) is 11.7. The number of aryl methyl sites for hydroxylation is 1. The number of hydrogen-bond acceptors (Lipinski definition) is 2. The average Bonchev–Trinajstić information content (AvgIpc) is 2.38. The molecule has 1 aliphatic rings. The van der Waals surface area contributed by atoms with Crippen LogP contribution in [-0.4, -0.2) is 26.0 Å². The third-order valence-corrected chi connectivity index (χ3v) is 3.86. The van der Waals surface area contributed by atoms with Crippen molar-refractivity contribution in [2.24, 2.45) is 0 Å². The lowest BCUT2D eigenvalue weighted by atomic mass is 9.71. The normalized spacial score (nSPS) is 21.2. The molecule has 2 N–H and O–H groups in total. The van der Waals surface area contributed by atoms with Crippen molar-refractivity contribution in [3.8, 4) is 0 Å². The van der Waals surface area contributed by atoms with Crippen molar-refractivity contribution in [1.29, 1.82) is 0 Å². The van der Waals surface area contributed by atoms with Gasteiger partial charge in [-0.2, -0.15) is 0 Å². The summed E-state index contributed by atoms with van der Waals surface area (Å²) in [5.41, 5.74) is 2.92. The largest absolute Gasteiger partial charge is 0.354 e. The molecule has 2 rings (SSSR count). The third kappa shape index (κ3) is 3.71. The number of nitrogens with one attached hydrogen (secondary N) is 2. The number of halogens is 1. The number of carbonyl (C=O) groups is 1. The molecule has 3 nitrogen and oxygen atoms in total. The van der Waals surface area contributed by atoms with E-state index in [1.54, 1.807) is 7.05 Å². The van der Waals surface area contributed by atoms with E-state index in [1.807, 2.05) is 0 Å². The first-order valence-electron chi connectivity index (χ1n) is 6.65. The topological polar surface area (TPSA) is 41.1 Å². The van der Waals surface area contributed by atoms with Gasteiger partial charge in [-0.05, 0) is 37.4 Å². The zero-order chi connectivity index (χ0) is 13.0. The summed E-state index contributed by atoms with van der Waals surface area (Å²) in [6.07, 6.45) is 3.51. The minimum atomic E-state index is 0. The number of hydrogen-bond donors (Lipinski definition) is 2. The maximum absolute atomic E-state index is 11.6. The highest BCUT2D eigenvalue weighted by atomic mass is 35.5. The van der Waals surface area contributed by atoms with Gasteiger partial charge < -0.3 is 10.6 Å². The van der Waals surface area contributed by atoms with Crippen LogP contribution < -0.4 is 10.6 Å². The third-order valence-electron chi connectivity index (χ3n) is 3.86. The lowest BCUT2D eigenvalue weighted by Gasteiger charge is -2.36. The molecule has 1 aromatic rings. The number of rotatable bonds is 4. The van der Waals surface area contributed by atoms with Crippen LogP contribution in [0.25, 0.3) is 0 Å². The molecule has 0 saturated carbocycles. The van der Waals surface area contributed by atoms with Gasteiger partial charge in [0, 0.05) is 12.0 Å². The first-order valence-corrected chi connectivity index (χ1v) is 6.65. The van der Waals surface area contributed by atoms with Crippen LogP contribution in [0.4, 0.5) is 0 Å². The molecule has 0 spiro atoms. The van der Waals surface area contributed by atoms with Crippen LogP contribution in [0.1, 0.15) is 30.9 Å². The monoisotopic (exact) mass is 282 g/mol. The molecule has 4 heteroatoms. The number of benzene rings is 1. The van der Waals surface area contributed by atoms with Crippen LogP contribution in [0.5, 0.6) is 0 Å². The number of fused-ring (bicyclic) bond motifs is 1. The molecule has 0 aromatic heterocycles. The fraction of sp³-hybridized carbons (Fsp3) is 0.533. The molecule has 106 valence electrons. The molecule has 0 aliphatic heterocycles. The van der Waals surface area contributed by atoms with Crippen LogP contribution in [-0.2, 0) is 16.6 Å². The Kier molecular flexibility index (Phi) is 5.83. The van der Waals surface area contributed by atoms with Crippen LogP contribution in [0, 0.1) is 0 Å². The van der Waals surface area contributed by atoms with Crippen LogP contribution in [0.3, 0.4) is 0 Å². The highest BCUT2D eigenvalue weighted by Gasteiger charge is 2.31. The standard InChI is InChI=1S/C15H22N2O.ClH/c1-15(11-17-14(18)10-16-2)9-5-7-12-6-3-4-8-13(12)15;/h3-4,6,8,16H,5,7,9-11H2,1-2H3,(H,17,18);1H. The summed E-state index contributed by atoms with van der Waals surface area (Å²) in [6.45, 7) is 3.37. The quantitative estimate of drug-likeness (QED) is 0.887. The van der Waals surface area contributed by atoms with Crippen molar-refractivity contribution in [3.05, 3.63) is 35.4 Å². The first kappa shape index (κ1) is 16.0. The number of amides is 1. The summed E-state index contributed by atoms with van der Waals surface area (Å²) >= 11 is 0. The molecule has 0 radical (unpaired) electrons. The van der Waals surface area contributed by atoms with Crippen molar-refractivity contribution in [2.45, 2.75) is 31.6 Å². The summed E-state index contributed by atoms with van der Waals surface area (Å²) in [4.78, 5) is 11.6. The van der Waals surface area contributed by atoms with E-state index in [0.717, 1.165) is 19.4 Å². The highest BCUT2D eigenvalue weighted by Crippen LogP contribution is 2.36. The van der Waals surface area contributed by atoms with Gasteiger partial charge in [0.15, 0.2) is 0 Å². The van der Waals surface area contributed by atoms with Crippen LogP contribution >= 0.6 is 12.4 Å². The van der Waals surface area contributed by atoms with Gasteiger partial charge in [-0.1, -0.05) is 31.2 Å². The first-order chi connectivity index (χ1) is 8.65. The SMILES string of the molecule is CNCC(=O)NCC1(C)CCCc2ccccc21.Cl. The molecule has 1 unspecified atom stereocenters. The Morgan fingerprint density at radius 1 is 1.37 bits per heavy atom. The zero-order valence-corrected chi connectivity index (χ0v) is 12.5. The van der Waals surface area contributed by atoms with Crippen molar-refractivity contribution in [2.75, 3.05) is 20.1 Å². The summed E-state index contributed by atoms with van der Waals surface area (Å²) in [5, 5.41) is 5.91. The Labute approximate surface area is 121 Å². The van der Waals surface area contributed by atoms with Crippen molar-refractivity contribution in [3.63, 3.8) is 0 Å².